The molecule has 1 atom stereocenters. The maximum atomic E-state index is 12.8. The Hall–Kier alpha value is -2.66. The molecule has 0 N–H and O–H groups in total. The molecule has 0 saturated carbocycles. The number of hydrogen-bond donors (Lipinski definition) is 0. The standard InChI is InChI=1S/C19H20F3N3O4S/c1-24(2)30(27,28)16-5-3-13(4-6-16)18(26)25-10-8-15(12-25)29-17-11-14(7-9-23-17)19(20,21)22/h3-7,9,11,15H,8,10,12H2,1-2H3/t15-/m1/s1. The minimum absolute atomic E-state index is 0.0716. The average molecular weight is 443 g/mol. The summed E-state index contributed by atoms with van der Waals surface area (Å²) in [6.45, 7) is 0.550. The van der Waals surface area contributed by atoms with Crippen molar-refractivity contribution < 1.29 is 31.1 Å². The molecule has 162 valence electrons. The molecule has 2 aromatic rings. The minimum Gasteiger partial charge on any atom is -0.472 e. The van der Waals surface area contributed by atoms with E-state index in [2.05, 4.69) is 4.98 Å². The monoisotopic (exact) mass is 443 g/mol. The Morgan fingerprint density at radius 1 is 1.20 bits per heavy atom. The molecule has 1 aromatic carbocycles. The van der Waals surface area contributed by atoms with Gasteiger partial charge in [0.25, 0.3) is 5.91 Å². The van der Waals surface area contributed by atoms with Crippen LogP contribution in [0.2, 0.25) is 0 Å². The summed E-state index contributed by atoms with van der Waals surface area (Å²) in [4.78, 5) is 18.1. The molecule has 0 spiro atoms. The van der Waals surface area contributed by atoms with Gasteiger partial charge in [0, 0.05) is 44.9 Å². The third kappa shape index (κ3) is 4.73. The fraction of sp³-hybridized carbons (Fsp3) is 0.368. The number of carbonyl (C=O) groups excluding carboxylic acids is 1. The molecule has 1 amide bonds. The van der Waals surface area contributed by atoms with Gasteiger partial charge in [-0.1, -0.05) is 0 Å². The maximum Gasteiger partial charge on any atom is 0.416 e. The van der Waals surface area contributed by atoms with Crippen LogP contribution in [-0.2, 0) is 16.2 Å². The molecule has 1 aromatic heterocycles. The molecular formula is C19H20F3N3O4S. The van der Waals surface area contributed by atoms with E-state index < -0.39 is 27.9 Å². The summed E-state index contributed by atoms with van der Waals surface area (Å²) >= 11 is 0. The van der Waals surface area contributed by atoms with E-state index in [1.165, 1.54) is 43.3 Å². The second-order valence-electron chi connectivity index (χ2n) is 6.97. The number of benzene rings is 1. The van der Waals surface area contributed by atoms with E-state index in [4.69, 9.17) is 4.74 Å². The molecule has 7 nitrogen and oxygen atoms in total. The Bertz CT molecular complexity index is 1020. The number of amides is 1. The van der Waals surface area contributed by atoms with E-state index in [-0.39, 0.29) is 23.2 Å². The third-order valence-corrected chi connectivity index (χ3v) is 6.49. The smallest absolute Gasteiger partial charge is 0.416 e. The molecular weight excluding hydrogens is 423 g/mol. The van der Waals surface area contributed by atoms with Crippen LogP contribution in [0.5, 0.6) is 5.88 Å². The van der Waals surface area contributed by atoms with Gasteiger partial charge in [-0.3, -0.25) is 4.79 Å². The van der Waals surface area contributed by atoms with Crippen molar-refractivity contribution in [2.45, 2.75) is 23.6 Å². The van der Waals surface area contributed by atoms with Gasteiger partial charge in [0.2, 0.25) is 15.9 Å². The number of ether oxygens (including phenoxy) is 1. The van der Waals surface area contributed by atoms with Crippen LogP contribution < -0.4 is 4.74 Å². The van der Waals surface area contributed by atoms with Crippen molar-refractivity contribution in [3.63, 3.8) is 0 Å². The summed E-state index contributed by atoms with van der Waals surface area (Å²) in [6.07, 6.45) is -3.51. The number of pyridine rings is 1. The fourth-order valence-corrected chi connectivity index (χ4v) is 3.89. The van der Waals surface area contributed by atoms with Crippen LogP contribution in [0.1, 0.15) is 22.3 Å². The van der Waals surface area contributed by atoms with Gasteiger partial charge in [-0.05, 0) is 30.3 Å². The summed E-state index contributed by atoms with van der Waals surface area (Å²) in [6, 6.07) is 7.27. The number of carbonyl (C=O) groups is 1. The fourth-order valence-electron chi connectivity index (χ4n) is 2.99. The van der Waals surface area contributed by atoms with Gasteiger partial charge in [0.05, 0.1) is 17.0 Å². The highest BCUT2D eigenvalue weighted by molar-refractivity contribution is 7.89. The highest BCUT2D eigenvalue weighted by Crippen LogP contribution is 2.31. The Morgan fingerprint density at radius 2 is 1.87 bits per heavy atom. The van der Waals surface area contributed by atoms with Gasteiger partial charge < -0.3 is 9.64 Å². The molecule has 2 heterocycles. The lowest BCUT2D eigenvalue weighted by Crippen LogP contribution is -2.31. The topological polar surface area (TPSA) is 79.8 Å². The summed E-state index contributed by atoms with van der Waals surface area (Å²) in [5, 5.41) is 0. The second kappa shape index (κ2) is 8.23. The first kappa shape index (κ1) is 22.0. The van der Waals surface area contributed by atoms with Crippen LogP contribution >= 0.6 is 0 Å². The Kier molecular flexibility index (Phi) is 6.04. The van der Waals surface area contributed by atoms with Gasteiger partial charge in [-0.25, -0.2) is 17.7 Å². The Labute approximate surface area is 172 Å². The zero-order valence-corrected chi connectivity index (χ0v) is 17.1. The second-order valence-corrected chi connectivity index (χ2v) is 9.12. The van der Waals surface area contributed by atoms with Crippen molar-refractivity contribution in [1.82, 2.24) is 14.2 Å². The summed E-state index contributed by atoms with van der Waals surface area (Å²) in [7, 11) is -0.765. The van der Waals surface area contributed by atoms with E-state index in [1.807, 2.05) is 0 Å². The van der Waals surface area contributed by atoms with Crippen LogP contribution in [0.3, 0.4) is 0 Å². The lowest BCUT2D eigenvalue weighted by atomic mass is 10.2. The van der Waals surface area contributed by atoms with Crippen molar-refractivity contribution in [3.05, 3.63) is 53.7 Å². The van der Waals surface area contributed by atoms with Gasteiger partial charge in [0.1, 0.15) is 6.10 Å². The molecule has 1 aliphatic heterocycles. The number of likely N-dealkylation sites (tertiary alicyclic amines) is 1. The third-order valence-electron chi connectivity index (χ3n) is 4.66. The zero-order valence-electron chi connectivity index (χ0n) is 16.3. The first-order valence-electron chi connectivity index (χ1n) is 9.00. The zero-order chi connectivity index (χ0) is 22.1. The first-order chi connectivity index (χ1) is 14.0. The number of hydrogen-bond acceptors (Lipinski definition) is 5. The number of sulfonamides is 1. The van der Waals surface area contributed by atoms with E-state index in [0.717, 1.165) is 22.6 Å². The maximum absolute atomic E-state index is 12.8. The van der Waals surface area contributed by atoms with E-state index in [1.54, 1.807) is 0 Å². The van der Waals surface area contributed by atoms with E-state index >= 15 is 0 Å². The molecule has 1 saturated heterocycles. The van der Waals surface area contributed by atoms with Gasteiger partial charge in [-0.2, -0.15) is 13.2 Å². The van der Waals surface area contributed by atoms with Crippen LogP contribution in [0.15, 0.2) is 47.5 Å². The van der Waals surface area contributed by atoms with Crippen molar-refractivity contribution >= 4 is 15.9 Å². The molecule has 1 fully saturated rings. The van der Waals surface area contributed by atoms with Crippen molar-refractivity contribution in [2.24, 2.45) is 0 Å². The number of aromatic nitrogens is 1. The predicted molar refractivity (Wildman–Crippen MR) is 101 cm³/mol. The summed E-state index contributed by atoms with van der Waals surface area (Å²) in [5.74, 6) is -0.464. The van der Waals surface area contributed by atoms with Crippen molar-refractivity contribution in [2.75, 3.05) is 27.2 Å². The SMILES string of the molecule is CN(C)S(=O)(=O)c1ccc(C(=O)N2CC[C@@H](Oc3cc(C(F)(F)F)ccn3)C2)cc1. The van der Waals surface area contributed by atoms with Gasteiger partial charge in [-0.15, -0.1) is 0 Å². The summed E-state index contributed by atoms with van der Waals surface area (Å²) in [5.41, 5.74) is -0.545. The Morgan fingerprint density at radius 3 is 2.47 bits per heavy atom. The number of nitrogens with zero attached hydrogens (tertiary/aromatic N) is 3. The average Bonchev–Trinajstić information content (AvgIpc) is 3.15. The lowest BCUT2D eigenvalue weighted by molar-refractivity contribution is -0.137. The molecule has 0 unspecified atom stereocenters. The Balaban J connectivity index is 1.65. The quantitative estimate of drug-likeness (QED) is 0.710. The highest BCUT2D eigenvalue weighted by Gasteiger charge is 2.32. The van der Waals surface area contributed by atoms with Crippen molar-refractivity contribution in [3.8, 4) is 5.88 Å². The van der Waals surface area contributed by atoms with Crippen LogP contribution in [0, 0.1) is 0 Å². The lowest BCUT2D eigenvalue weighted by Gasteiger charge is -2.18. The van der Waals surface area contributed by atoms with Crippen molar-refractivity contribution in [1.29, 1.82) is 0 Å². The first-order valence-corrected chi connectivity index (χ1v) is 10.4. The summed E-state index contributed by atoms with van der Waals surface area (Å²) < 4.78 is 69.2. The molecule has 30 heavy (non-hydrogen) atoms. The predicted octanol–water partition coefficient (Wildman–Crippen LogP) is 2.64. The van der Waals surface area contributed by atoms with Crippen LogP contribution in [0.25, 0.3) is 0 Å². The molecule has 0 bridgehead atoms. The van der Waals surface area contributed by atoms with Gasteiger partial charge >= 0.3 is 6.18 Å². The molecule has 3 rings (SSSR count). The molecule has 1 aliphatic rings. The normalized spacial score (nSPS) is 17.4. The molecule has 0 radical (unpaired) electrons. The molecule has 11 heteroatoms. The van der Waals surface area contributed by atoms with Gasteiger partial charge in [0.15, 0.2) is 0 Å². The van der Waals surface area contributed by atoms with E-state index in [9.17, 15) is 26.4 Å². The number of alkyl halides is 3. The molecule has 0 aliphatic carbocycles. The highest BCUT2D eigenvalue weighted by atomic mass is 32.2. The number of halogens is 3. The van der Waals surface area contributed by atoms with E-state index in [0.29, 0.717) is 18.5 Å². The van der Waals surface area contributed by atoms with Crippen LogP contribution in [0.4, 0.5) is 13.2 Å². The largest absolute Gasteiger partial charge is 0.472 e. The minimum atomic E-state index is -4.50. The van der Waals surface area contributed by atoms with Crippen LogP contribution in [-0.4, -0.2) is 61.8 Å². The number of rotatable bonds is 5.